The molecule has 0 saturated carbocycles. The Bertz CT molecular complexity index is 901. The first-order chi connectivity index (χ1) is 13.3. The molecule has 0 bridgehead atoms. The Balaban J connectivity index is 1.69. The van der Waals surface area contributed by atoms with E-state index >= 15 is 0 Å². The van der Waals surface area contributed by atoms with E-state index in [1.54, 1.807) is 4.90 Å². The van der Waals surface area contributed by atoms with Crippen LogP contribution in [0.15, 0.2) is 54.6 Å². The zero-order valence-electron chi connectivity index (χ0n) is 15.9. The third-order valence-corrected chi connectivity index (χ3v) is 6.94. The molecule has 1 fully saturated rings. The second-order valence-electron chi connectivity index (χ2n) is 7.36. The van der Waals surface area contributed by atoms with Crippen molar-refractivity contribution in [3.8, 4) is 0 Å². The molecular weight excluding hydrogens is 396 g/mol. The van der Waals surface area contributed by atoms with Gasteiger partial charge in [0.1, 0.15) is 0 Å². The number of carbonyl (C=O) groups excluding carboxylic acids is 1. The van der Waals surface area contributed by atoms with Crippen LogP contribution in [0.4, 0.5) is 0 Å². The number of benzene rings is 2. The van der Waals surface area contributed by atoms with E-state index in [-0.39, 0.29) is 30.0 Å². The summed E-state index contributed by atoms with van der Waals surface area (Å²) in [5.41, 5.74) is 2.07. The number of sulfone groups is 1. The number of hydrogen-bond acceptors (Lipinski definition) is 4. The molecule has 1 saturated heterocycles. The number of halogens is 1. The van der Waals surface area contributed by atoms with Crippen molar-refractivity contribution < 1.29 is 13.2 Å². The molecule has 1 atom stereocenters. The van der Waals surface area contributed by atoms with Gasteiger partial charge < -0.3 is 4.90 Å². The van der Waals surface area contributed by atoms with Gasteiger partial charge >= 0.3 is 0 Å². The van der Waals surface area contributed by atoms with E-state index in [0.29, 0.717) is 24.5 Å². The van der Waals surface area contributed by atoms with Gasteiger partial charge in [0, 0.05) is 24.2 Å². The van der Waals surface area contributed by atoms with Crippen molar-refractivity contribution >= 4 is 27.3 Å². The summed E-state index contributed by atoms with van der Waals surface area (Å²) in [5.74, 6) is 0.144. The Morgan fingerprint density at radius 3 is 2.29 bits per heavy atom. The monoisotopic (exact) mass is 420 g/mol. The van der Waals surface area contributed by atoms with Crippen LogP contribution >= 0.6 is 11.6 Å². The van der Waals surface area contributed by atoms with Crippen molar-refractivity contribution in [2.24, 2.45) is 0 Å². The summed E-state index contributed by atoms with van der Waals surface area (Å²) >= 11 is 5.92. The lowest BCUT2D eigenvalue weighted by Crippen LogP contribution is -2.45. The van der Waals surface area contributed by atoms with Gasteiger partial charge in [0.2, 0.25) is 5.91 Å². The van der Waals surface area contributed by atoms with Gasteiger partial charge in [0.25, 0.3) is 0 Å². The molecule has 3 rings (SSSR count). The summed E-state index contributed by atoms with van der Waals surface area (Å²) in [6.07, 6.45) is 0.502. The van der Waals surface area contributed by atoms with Crippen LogP contribution in [-0.2, 0) is 27.7 Å². The van der Waals surface area contributed by atoms with Gasteiger partial charge in [0.15, 0.2) is 9.84 Å². The minimum Gasteiger partial charge on any atom is -0.333 e. The highest BCUT2D eigenvalue weighted by molar-refractivity contribution is 7.91. The average molecular weight is 421 g/mol. The lowest BCUT2D eigenvalue weighted by atomic mass is 10.1. The second kappa shape index (κ2) is 9.07. The fraction of sp³-hybridized carbons (Fsp3) is 0.381. The van der Waals surface area contributed by atoms with Gasteiger partial charge in [-0.25, -0.2) is 8.42 Å². The Hall–Kier alpha value is -1.89. The summed E-state index contributed by atoms with van der Waals surface area (Å²) in [5, 5.41) is 0.680. The smallest absolute Gasteiger partial charge is 0.237 e. The molecule has 7 heteroatoms. The van der Waals surface area contributed by atoms with Crippen LogP contribution in [0, 0.1) is 0 Å². The first-order valence-electron chi connectivity index (χ1n) is 9.29. The largest absolute Gasteiger partial charge is 0.333 e. The van der Waals surface area contributed by atoms with E-state index in [0.717, 1.165) is 11.1 Å². The van der Waals surface area contributed by atoms with Crippen molar-refractivity contribution in [2.75, 3.05) is 25.1 Å². The lowest BCUT2D eigenvalue weighted by molar-refractivity contribution is -0.134. The third-order valence-electron chi connectivity index (χ3n) is 4.94. The van der Waals surface area contributed by atoms with Crippen molar-refractivity contribution in [3.05, 3.63) is 70.7 Å². The highest BCUT2D eigenvalue weighted by Crippen LogP contribution is 2.21. The molecule has 5 nitrogen and oxygen atoms in total. The van der Waals surface area contributed by atoms with E-state index in [1.165, 1.54) is 0 Å². The molecule has 2 aromatic rings. The van der Waals surface area contributed by atoms with Crippen molar-refractivity contribution in [1.29, 1.82) is 0 Å². The zero-order valence-corrected chi connectivity index (χ0v) is 17.5. The quantitative estimate of drug-likeness (QED) is 0.691. The molecule has 0 spiro atoms. The molecule has 1 heterocycles. The Morgan fingerprint density at radius 1 is 1.04 bits per heavy atom. The van der Waals surface area contributed by atoms with E-state index in [9.17, 15) is 13.2 Å². The van der Waals surface area contributed by atoms with Crippen LogP contribution in [0.3, 0.4) is 0 Å². The summed E-state index contributed by atoms with van der Waals surface area (Å²) in [4.78, 5) is 16.7. The van der Waals surface area contributed by atoms with Crippen LogP contribution in [0.1, 0.15) is 17.5 Å². The Kier molecular flexibility index (Phi) is 6.75. The number of nitrogens with zero attached hydrogens (tertiary/aromatic N) is 2. The topological polar surface area (TPSA) is 57.7 Å². The number of rotatable bonds is 7. The normalized spacial score (nSPS) is 18.3. The highest BCUT2D eigenvalue weighted by atomic mass is 35.5. The molecule has 1 amide bonds. The number of carbonyl (C=O) groups is 1. The lowest BCUT2D eigenvalue weighted by Gasteiger charge is -2.30. The van der Waals surface area contributed by atoms with Gasteiger partial charge in [-0.2, -0.15) is 0 Å². The minimum atomic E-state index is -3.07. The molecule has 2 aromatic carbocycles. The molecule has 150 valence electrons. The van der Waals surface area contributed by atoms with Gasteiger partial charge in [-0.05, 0) is 36.7 Å². The molecular formula is C21H25ClN2O3S. The highest BCUT2D eigenvalue weighted by Gasteiger charge is 2.34. The molecule has 0 N–H and O–H groups in total. The summed E-state index contributed by atoms with van der Waals surface area (Å²) < 4.78 is 23.9. The SMILES string of the molecule is CN(CC(=O)N(Cc1ccccc1)[C@H]1CCS(=O)(=O)C1)Cc1ccc(Cl)cc1. The van der Waals surface area contributed by atoms with Crippen LogP contribution in [0.5, 0.6) is 0 Å². The predicted octanol–water partition coefficient (Wildman–Crippen LogP) is 2.99. The number of hydrogen-bond donors (Lipinski definition) is 0. The molecule has 1 aliphatic heterocycles. The van der Waals surface area contributed by atoms with Crippen molar-refractivity contribution in [1.82, 2.24) is 9.80 Å². The van der Waals surface area contributed by atoms with E-state index in [4.69, 9.17) is 11.6 Å². The van der Waals surface area contributed by atoms with E-state index in [1.807, 2.05) is 66.5 Å². The fourth-order valence-corrected chi connectivity index (χ4v) is 5.36. The van der Waals surface area contributed by atoms with Crippen LogP contribution < -0.4 is 0 Å². The van der Waals surface area contributed by atoms with Crippen molar-refractivity contribution in [3.63, 3.8) is 0 Å². The number of likely N-dealkylation sites (N-methyl/N-ethyl adjacent to an activating group) is 1. The number of amides is 1. The predicted molar refractivity (Wildman–Crippen MR) is 112 cm³/mol. The zero-order chi connectivity index (χ0) is 20.1. The molecule has 0 aliphatic carbocycles. The van der Waals surface area contributed by atoms with Gasteiger partial charge in [-0.15, -0.1) is 0 Å². The van der Waals surface area contributed by atoms with Crippen LogP contribution in [0.25, 0.3) is 0 Å². The first kappa shape index (κ1) is 20.8. The standard InChI is InChI=1S/C21H25ClN2O3S/c1-23(13-18-7-9-19(22)10-8-18)15-21(25)24(14-17-5-3-2-4-6-17)20-11-12-28(26,27)16-20/h2-10,20H,11-16H2,1H3/t20-/m0/s1. The second-order valence-corrected chi connectivity index (χ2v) is 10.0. The maximum absolute atomic E-state index is 13.1. The summed E-state index contributed by atoms with van der Waals surface area (Å²) in [6.45, 7) is 1.27. The molecule has 1 aliphatic rings. The Morgan fingerprint density at radius 2 is 1.68 bits per heavy atom. The minimum absolute atomic E-state index is 0.0481. The average Bonchev–Trinajstić information content (AvgIpc) is 3.02. The maximum atomic E-state index is 13.1. The van der Waals surface area contributed by atoms with E-state index < -0.39 is 9.84 Å². The maximum Gasteiger partial charge on any atom is 0.237 e. The van der Waals surface area contributed by atoms with Crippen molar-refractivity contribution in [2.45, 2.75) is 25.6 Å². The third kappa shape index (κ3) is 5.80. The van der Waals surface area contributed by atoms with E-state index in [2.05, 4.69) is 0 Å². The molecule has 28 heavy (non-hydrogen) atoms. The molecule has 0 unspecified atom stereocenters. The summed E-state index contributed by atoms with van der Waals surface area (Å²) in [6, 6.07) is 17.0. The van der Waals surface area contributed by atoms with Crippen LogP contribution in [0.2, 0.25) is 5.02 Å². The molecule has 0 radical (unpaired) electrons. The van der Waals surface area contributed by atoms with Crippen LogP contribution in [-0.4, -0.2) is 55.3 Å². The fourth-order valence-electron chi connectivity index (χ4n) is 3.50. The van der Waals surface area contributed by atoms with Gasteiger partial charge in [-0.1, -0.05) is 54.1 Å². The first-order valence-corrected chi connectivity index (χ1v) is 11.5. The van der Waals surface area contributed by atoms with Gasteiger partial charge in [-0.3, -0.25) is 9.69 Å². The molecule has 0 aromatic heterocycles. The Labute approximate surface area is 171 Å². The van der Waals surface area contributed by atoms with Gasteiger partial charge in [0.05, 0.1) is 18.1 Å². The summed E-state index contributed by atoms with van der Waals surface area (Å²) in [7, 11) is -1.18.